The van der Waals surface area contributed by atoms with E-state index in [1.807, 2.05) is 0 Å². The van der Waals surface area contributed by atoms with Gasteiger partial charge in [0.25, 0.3) is 0 Å². The highest BCUT2D eigenvalue weighted by molar-refractivity contribution is 5.82. The van der Waals surface area contributed by atoms with Gasteiger partial charge in [0.05, 0.1) is 12.7 Å². The van der Waals surface area contributed by atoms with Crippen LogP contribution in [0.3, 0.4) is 0 Å². The number of rotatable bonds is 1. The average Bonchev–Trinajstić information content (AvgIpc) is 1.97. The molecule has 1 fully saturated rings. The minimum Gasteiger partial charge on any atom is -0.394 e. The zero-order chi connectivity index (χ0) is 8.43. The van der Waals surface area contributed by atoms with E-state index in [1.54, 1.807) is 0 Å². The van der Waals surface area contributed by atoms with E-state index >= 15 is 0 Å². The second-order valence-corrected chi connectivity index (χ2v) is 2.45. The predicted molar refractivity (Wildman–Crippen MR) is 33.6 cm³/mol. The molecule has 1 aliphatic rings. The van der Waals surface area contributed by atoms with E-state index in [-0.39, 0.29) is 6.42 Å². The van der Waals surface area contributed by atoms with Crippen LogP contribution in [0.5, 0.6) is 0 Å². The van der Waals surface area contributed by atoms with Crippen LogP contribution >= 0.6 is 0 Å². The molecule has 5 heteroatoms. The molecule has 3 atom stereocenters. The van der Waals surface area contributed by atoms with Crippen LogP contribution < -0.4 is 0 Å². The van der Waals surface area contributed by atoms with Crippen LogP contribution in [0.1, 0.15) is 6.42 Å². The average molecular weight is 162 g/mol. The lowest BCUT2D eigenvalue weighted by Crippen LogP contribution is -2.46. The molecule has 0 amide bonds. The molecule has 1 rings (SSSR count). The first-order valence-corrected chi connectivity index (χ1v) is 3.30. The number of carbonyl (C=O) groups is 1. The Morgan fingerprint density at radius 1 is 1.55 bits per heavy atom. The van der Waals surface area contributed by atoms with Crippen molar-refractivity contribution in [1.82, 2.24) is 0 Å². The lowest BCUT2D eigenvalue weighted by atomic mass is 10.0. The Hall–Kier alpha value is -0.490. The Morgan fingerprint density at radius 2 is 2.18 bits per heavy atom. The molecule has 5 nitrogen and oxygen atoms in total. The van der Waals surface area contributed by atoms with Crippen LogP contribution in [0, 0.1) is 0 Å². The van der Waals surface area contributed by atoms with Crippen molar-refractivity contribution < 1.29 is 24.9 Å². The first-order valence-electron chi connectivity index (χ1n) is 3.30. The number of hydrogen-bond donors (Lipinski definition) is 3. The van der Waals surface area contributed by atoms with Crippen LogP contribution in [0.15, 0.2) is 0 Å². The fourth-order valence-corrected chi connectivity index (χ4v) is 0.935. The summed E-state index contributed by atoms with van der Waals surface area (Å²) in [7, 11) is 0. The minimum atomic E-state index is -1.49. The number of ether oxygens (including phenoxy) is 1. The molecule has 0 saturated carbocycles. The molecule has 0 aromatic carbocycles. The maximum absolute atomic E-state index is 10.6. The second-order valence-electron chi connectivity index (χ2n) is 2.45. The number of aliphatic hydroxyl groups excluding tert-OH is 3. The van der Waals surface area contributed by atoms with Crippen molar-refractivity contribution in [3.8, 4) is 0 Å². The Bertz CT molecular complexity index is 157. The van der Waals surface area contributed by atoms with E-state index in [2.05, 4.69) is 4.74 Å². The largest absolute Gasteiger partial charge is 0.394 e. The molecule has 0 aromatic heterocycles. The van der Waals surface area contributed by atoms with Crippen molar-refractivity contribution >= 4 is 5.78 Å². The van der Waals surface area contributed by atoms with Gasteiger partial charge in [0.15, 0.2) is 5.78 Å². The van der Waals surface area contributed by atoms with Crippen LogP contribution in [0.4, 0.5) is 0 Å². The van der Waals surface area contributed by atoms with E-state index in [4.69, 9.17) is 15.3 Å². The molecule has 1 heterocycles. The topological polar surface area (TPSA) is 87.0 Å². The van der Waals surface area contributed by atoms with Crippen LogP contribution in [0.25, 0.3) is 0 Å². The van der Waals surface area contributed by atoms with Crippen molar-refractivity contribution in [1.29, 1.82) is 0 Å². The summed E-state index contributed by atoms with van der Waals surface area (Å²) >= 11 is 0. The summed E-state index contributed by atoms with van der Waals surface area (Å²) in [5.74, 6) is -0.554. The molecular weight excluding hydrogens is 152 g/mol. The molecular formula is C6H10O5. The van der Waals surface area contributed by atoms with Gasteiger partial charge < -0.3 is 20.1 Å². The Balaban J connectivity index is 2.54. The van der Waals surface area contributed by atoms with E-state index in [1.165, 1.54) is 0 Å². The molecule has 1 unspecified atom stereocenters. The van der Waals surface area contributed by atoms with Crippen molar-refractivity contribution in [3.05, 3.63) is 0 Å². The minimum absolute atomic E-state index is 0.160. The summed E-state index contributed by atoms with van der Waals surface area (Å²) in [5.41, 5.74) is 0. The Kier molecular flexibility index (Phi) is 2.56. The van der Waals surface area contributed by atoms with Crippen molar-refractivity contribution in [3.63, 3.8) is 0 Å². The second kappa shape index (κ2) is 3.27. The highest BCUT2D eigenvalue weighted by Crippen LogP contribution is 2.14. The lowest BCUT2D eigenvalue weighted by Gasteiger charge is -2.28. The van der Waals surface area contributed by atoms with Gasteiger partial charge in [0.2, 0.25) is 6.29 Å². The van der Waals surface area contributed by atoms with E-state index in [0.29, 0.717) is 0 Å². The summed E-state index contributed by atoms with van der Waals surface area (Å²) in [5, 5.41) is 26.4. The number of ketones is 1. The molecule has 11 heavy (non-hydrogen) atoms. The monoisotopic (exact) mass is 162 g/mol. The first-order chi connectivity index (χ1) is 5.15. The maximum Gasteiger partial charge on any atom is 0.215 e. The smallest absolute Gasteiger partial charge is 0.215 e. The van der Waals surface area contributed by atoms with E-state index in [9.17, 15) is 4.79 Å². The zero-order valence-corrected chi connectivity index (χ0v) is 5.80. The molecule has 0 spiro atoms. The molecule has 1 saturated heterocycles. The molecule has 0 aliphatic carbocycles. The van der Waals surface area contributed by atoms with Gasteiger partial charge in [-0.3, -0.25) is 4.79 Å². The summed E-state index contributed by atoms with van der Waals surface area (Å²) < 4.78 is 4.57. The highest BCUT2D eigenvalue weighted by atomic mass is 16.6. The molecule has 0 bridgehead atoms. The number of Topliss-reactive ketones (excluding diaryl/α,β-unsaturated/α-hetero) is 1. The molecule has 3 N–H and O–H groups in total. The van der Waals surface area contributed by atoms with Crippen LogP contribution in [-0.4, -0.2) is 46.2 Å². The number of carbonyl (C=O) groups excluding carboxylic acids is 1. The third-order valence-electron chi connectivity index (χ3n) is 1.60. The fourth-order valence-electron chi connectivity index (χ4n) is 0.935. The van der Waals surface area contributed by atoms with Gasteiger partial charge in [-0.1, -0.05) is 0 Å². The Morgan fingerprint density at radius 3 is 2.73 bits per heavy atom. The zero-order valence-electron chi connectivity index (χ0n) is 5.80. The number of hydrogen-bond acceptors (Lipinski definition) is 5. The highest BCUT2D eigenvalue weighted by Gasteiger charge is 2.34. The molecule has 0 aromatic rings. The summed E-state index contributed by atoms with van der Waals surface area (Å²) in [6.45, 7) is -0.397. The van der Waals surface area contributed by atoms with Gasteiger partial charge in [-0.2, -0.15) is 0 Å². The third kappa shape index (κ3) is 1.75. The van der Waals surface area contributed by atoms with Gasteiger partial charge in [-0.25, -0.2) is 0 Å². The normalized spacial score (nSPS) is 39.2. The summed E-state index contributed by atoms with van der Waals surface area (Å²) in [6.07, 6.45) is -3.50. The summed E-state index contributed by atoms with van der Waals surface area (Å²) in [4.78, 5) is 10.6. The van der Waals surface area contributed by atoms with Gasteiger partial charge in [-0.05, 0) is 0 Å². The first kappa shape index (κ1) is 8.61. The van der Waals surface area contributed by atoms with Gasteiger partial charge >= 0.3 is 0 Å². The van der Waals surface area contributed by atoms with Gasteiger partial charge in [0, 0.05) is 6.42 Å². The van der Waals surface area contributed by atoms with Gasteiger partial charge in [0.1, 0.15) is 6.10 Å². The number of aliphatic hydroxyl groups is 3. The SMILES string of the molecule is O=C1C[C@@H](O)C(CO)O[C@H]1O. The fraction of sp³-hybridized carbons (Fsp3) is 0.833. The molecule has 1 aliphatic heterocycles. The molecule has 0 radical (unpaired) electrons. The molecule has 64 valence electrons. The van der Waals surface area contributed by atoms with Crippen LogP contribution in [-0.2, 0) is 9.53 Å². The van der Waals surface area contributed by atoms with Crippen molar-refractivity contribution in [2.75, 3.05) is 6.61 Å². The third-order valence-corrected chi connectivity index (χ3v) is 1.60. The standard InChI is InChI=1S/C6H10O5/c7-2-5-3(8)1-4(9)6(10)11-5/h3,5-8,10H,1-2H2/t3-,5?,6-/m1/s1. The van der Waals surface area contributed by atoms with Crippen molar-refractivity contribution in [2.45, 2.75) is 24.9 Å². The van der Waals surface area contributed by atoms with E-state index in [0.717, 1.165) is 0 Å². The van der Waals surface area contributed by atoms with Crippen LogP contribution in [0.2, 0.25) is 0 Å². The Labute approximate surface area is 63.2 Å². The van der Waals surface area contributed by atoms with E-state index < -0.39 is 30.9 Å². The lowest BCUT2D eigenvalue weighted by molar-refractivity contribution is -0.205. The summed E-state index contributed by atoms with van der Waals surface area (Å²) in [6, 6.07) is 0. The van der Waals surface area contributed by atoms with Crippen molar-refractivity contribution in [2.24, 2.45) is 0 Å². The maximum atomic E-state index is 10.6. The predicted octanol–water partition coefficient (Wildman–Crippen LogP) is -1.98. The quantitative estimate of drug-likeness (QED) is 0.415. The van der Waals surface area contributed by atoms with Gasteiger partial charge in [-0.15, -0.1) is 0 Å².